The van der Waals surface area contributed by atoms with Crippen LogP contribution in [-0.4, -0.2) is 41.2 Å². The molecule has 2 aliphatic rings. The molecule has 6 nitrogen and oxygen atoms in total. The van der Waals surface area contributed by atoms with Gasteiger partial charge >= 0.3 is 0 Å². The number of carbonyl (C=O) groups is 3. The van der Waals surface area contributed by atoms with Crippen LogP contribution in [0, 0.1) is 6.92 Å². The highest BCUT2D eigenvalue weighted by Crippen LogP contribution is 2.37. The molecule has 4 aromatic carbocycles. The molecule has 6 rings (SSSR count). The largest absolute Gasteiger partial charge is 0.352 e. The third kappa shape index (κ3) is 6.34. The van der Waals surface area contributed by atoms with Gasteiger partial charge in [0.15, 0.2) is 0 Å². The SMILES string of the molecule is Cc1cccc(CN(C(=O)CCCN2C(=O)c3cccc4cccc2c34)C(Cc2ccccc2)C(=O)NC2CCCC2)c1. The van der Waals surface area contributed by atoms with E-state index in [1.807, 2.05) is 91.9 Å². The molecule has 1 saturated carbocycles. The van der Waals surface area contributed by atoms with Gasteiger partial charge in [0.1, 0.15) is 6.04 Å². The first-order chi connectivity index (χ1) is 21.0. The van der Waals surface area contributed by atoms with E-state index in [4.69, 9.17) is 0 Å². The molecule has 0 bridgehead atoms. The summed E-state index contributed by atoms with van der Waals surface area (Å²) in [5, 5.41) is 5.30. The van der Waals surface area contributed by atoms with E-state index in [1.165, 1.54) is 0 Å². The van der Waals surface area contributed by atoms with Crippen LogP contribution >= 0.6 is 0 Å². The molecule has 0 saturated heterocycles. The van der Waals surface area contributed by atoms with Gasteiger partial charge in [-0.05, 0) is 54.8 Å². The maximum atomic E-state index is 14.1. The minimum Gasteiger partial charge on any atom is -0.352 e. The topological polar surface area (TPSA) is 69.7 Å². The van der Waals surface area contributed by atoms with E-state index < -0.39 is 6.04 Å². The van der Waals surface area contributed by atoms with Crippen molar-refractivity contribution < 1.29 is 14.4 Å². The minimum atomic E-state index is -0.637. The summed E-state index contributed by atoms with van der Waals surface area (Å²) in [4.78, 5) is 44.9. The lowest BCUT2D eigenvalue weighted by Gasteiger charge is -2.32. The zero-order chi connectivity index (χ0) is 29.8. The summed E-state index contributed by atoms with van der Waals surface area (Å²) in [7, 11) is 0. The quantitative estimate of drug-likeness (QED) is 0.220. The fraction of sp³-hybridized carbons (Fsp3) is 0.324. The lowest BCUT2D eigenvalue weighted by molar-refractivity contribution is -0.141. The van der Waals surface area contributed by atoms with Crippen LogP contribution in [0.4, 0.5) is 5.69 Å². The van der Waals surface area contributed by atoms with E-state index in [1.54, 1.807) is 9.80 Å². The first-order valence-corrected chi connectivity index (χ1v) is 15.5. The van der Waals surface area contributed by atoms with Crippen LogP contribution in [0.15, 0.2) is 91.0 Å². The number of amides is 3. The van der Waals surface area contributed by atoms with Gasteiger partial charge in [-0.3, -0.25) is 14.4 Å². The first kappa shape index (κ1) is 28.7. The molecule has 1 aliphatic carbocycles. The smallest absolute Gasteiger partial charge is 0.258 e. The van der Waals surface area contributed by atoms with E-state index in [0.717, 1.165) is 58.8 Å². The monoisotopic (exact) mass is 573 g/mol. The molecule has 220 valence electrons. The second-order valence-electron chi connectivity index (χ2n) is 11.9. The van der Waals surface area contributed by atoms with Crippen LogP contribution in [0.5, 0.6) is 0 Å². The maximum Gasteiger partial charge on any atom is 0.258 e. The zero-order valence-corrected chi connectivity index (χ0v) is 24.8. The fourth-order valence-electron chi connectivity index (χ4n) is 6.66. The molecule has 1 heterocycles. The van der Waals surface area contributed by atoms with Crippen LogP contribution in [-0.2, 0) is 22.6 Å². The maximum absolute atomic E-state index is 14.1. The molecule has 1 atom stereocenters. The molecule has 6 heteroatoms. The van der Waals surface area contributed by atoms with Crippen molar-refractivity contribution in [2.45, 2.75) is 70.5 Å². The molecule has 1 N–H and O–H groups in total. The summed E-state index contributed by atoms with van der Waals surface area (Å²) >= 11 is 0. The van der Waals surface area contributed by atoms with Gasteiger partial charge in [-0.15, -0.1) is 0 Å². The average molecular weight is 574 g/mol. The van der Waals surface area contributed by atoms with Crippen molar-refractivity contribution in [3.05, 3.63) is 113 Å². The van der Waals surface area contributed by atoms with Crippen molar-refractivity contribution >= 4 is 34.2 Å². The van der Waals surface area contributed by atoms with Gasteiger partial charge in [0.25, 0.3) is 5.91 Å². The Labute approximate surface area is 253 Å². The number of hydrogen-bond acceptors (Lipinski definition) is 3. The number of carbonyl (C=O) groups excluding carboxylic acids is 3. The second kappa shape index (κ2) is 12.8. The Hall–Kier alpha value is -4.45. The number of benzene rings is 4. The summed E-state index contributed by atoms with van der Waals surface area (Å²) in [5.41, 5.74) is 4.75. The Morgan fingerprint density at radius 3 is 2.40 bits per heavy atom. The highest BCUT2D eigenvalue weighted by Gasteiger charge is 2.33. The summed E-state index contributed by atoms with van der Waals surface area (Å²) in [6.07, 6.45) is 5.38. The van der Waals surface area contributed by atoms with Gasteiger partial charge in [0.05, 0.1) is 5.69 Å². The van der Waals surface area contributed by atoms with E-state index in [2.05, 4.69) is 11.4 Å². The normalized spacial score (nSPS) is 15.2. The molecule has 0 aromatic heterocycles. The molecule has 43 heavy (non-hydrogen) atoms. The number of hydrogen-bond donors (Lipinski definition) is 1. The van der Waals surface area contributed by atoms with Crippen molar-refractivity contribution in [2.75, 3.05) is 11.4 Å². The standard InChI is InChI=1S/C37H39N3O3/c1-26-11-7-14-28(23-26)25-40(33(24-27-12-3-2-4-13-27)36(42)38-30-17-5-6-18-30)34(41)21-10-22-39-32-20-9-16-29-15-8-19-31(35(29)32)37(39)43/h2-4,7-9,11-16,19-20,23,30,33H,5-6,10,17-18,21-22,24-25H2,1H3,(H,38,42). The second-order valence-corrected chi connectivity index (χ2v) is 11.9. The Morgan fingerprint density at radius 1 is 0.907 bits per heavy atom. The third-order valence-electron chi connectivity index (χ3n) is 8.83. The number of nitrogens with zero attached hydrogens (tertiary/aromatic N) is 2. The van der Waals surface area contributed by atoms with Gasteiger partial charge in [-0.2, -0.15) is 0 Å². The van der Waals surface area contributed by atoms with Crippen LogP contribution < -0.4 is 10.2 Å². The van der Waals surface area contributed by atoms with Crippen molar-refractivity contribution in [2.24, 2.45) is 0 Å². The number of rotatable bonds is 11. The molecule has 4 aromatic rings. The number of nitrogens with one attached hydrogen (secondary N) is 1. The number of anilines is 1. The first-order valence-electron chi connectivity index (χ1n) is 15.5. The van der Waals surface area contributed by atoms with Crippen LogP contribution in [0.2, 0.25) is 0 Å². The predicted octanol–water partition coefficient (Wildman–Crippen LogP) is 6.59. The minimum absolute atomic E-state index is 0.0197. The van der Waals surface area contributed by atoms with E-state index in [9.17, 15) is 14.4 Å². The molecule has 1 aliphatic heterocycles. The average Bonchev–Trinajstić information content (AvgIpc) is 3.63. The van der Waals surface area contributed by atoms with Crippen molar-refractivity contribution in [3.8, 4) is 0 Å². The molecule has 0 radical (unpaired) electrons. The Kier molecular flexibility index (Phi) is 8.55. The van der Waals surface area contributed by atoms with E-state index >= 15 is 0 Å². The van der Waals surface area contributed by atoms with Crippen molar-refractivity contribution in [3.63, 3.8) is 0 Å². The van der Waals surface area contributed by atoms with Crippen LogP contribution in [0.1, 0.15) is 65.6 Å². The molecule has 0 spiro atoms. The lowest BCUT2D eigenvalue weighted by atomic mass is 10.0. The van der Waals surface area contributed by atoms with E-state index in [-0.39, 0.29) is 30.2 Å². The van der Waals surface area contributed by atoms with Gasteiger partial charge in [-0.25, -0.2) is 0 Å². The summed E-state index contributed by atoms with van der Waals surface area (Å²) in [6, 6.07) is 29.4. The molecule has 1 fully saturated rings. The Balaban J connectivity index is 1.23. The van der Waals surface area contributed by atoms with E-state index in [0.29, 0.717) is 31.5 Å². The van der Waals surface area contributed by atoms with Crippen molar-refractivity contribution in [1.29, 1.82) is 0 Å². The summed E-state index contributed by atoms with van der Waals surface area (Å²) in [6.45, 7) is 2.83. The molecule has 3 amide bonds. The van der Waals surface area contributed by atoms with Crippen molar-refractivity contribution in [1.82, 2.24) is 10.2 Å². The molecular weight excluding hydrogens is 534 g/mol. The number of aryl methyl sites for hydroxylation is 1. The predicted molar refractivity (Wildman–Crippen MR) is 171 cm³/mol. The zero-order valence-electron chi connectivity index (χ0n) is 24.8. The third-order valence-corrected chi connectivity index (χ3v) is 8.83. The van der Waals surface area contributed by atoms with Gasteiger partial charge in [0.2, 0.25) is 11.8 Å². The Bertz CT molecular complexity index is 1620. The van der Waals surface area contributed by atoms with Gasteiger partial charge < -0.3 is 15.1 Å². The van der Waals surface area contributed by atoms with Gasteiger partial charge in [0, 0.05) is 42.9 Å². The fourth-order valence-corrected chi connectivity index (χ4v) is 6.66. The summed E-state index contributed by atoms with van der Waals surface area (Å²) in [5.74, 6) is -0.186. The van der Waals surface area contributed by atoms with Crippen LogP contribution in [0.25, 0.3) is 10.8 Å². The highest BCUT2D eigenvalue weighted by atomic mass is 16.2. The molecular formula is C37H39N3O3. The van der Waals surface area contributed by atoms with Crippen LogP contribution in [0.3, 0.4) is 0 Å². The summed E-state index contributed by atoms with van der Waals surface area (Å²) < 4.78 is 0. The molecule has 1 unspecified atom stereocenters. The Morgan fingerprint density at radius 2 is 1.63 bits per heavy atom. The lowest BCUT2D eigenvalue weighted by Crippen LogP contribution is -2.52. The highest BCUT2D eigenvalue weighted by molar-refractivity contribution is 6.25. The van der Waals surface area contributed by atoms with Gasteiger partial charge in [-0.1, -0.05) is 97.3 Å².